The first-order valence-corrected chi connectivity index (χ1v) is 10.5. The normalized spacial score (nSPS) is 11.6. The topological polar surface area (TPSA) is 143 Å². The maximum Gasteiger partial charge on any atom is 0.416 e. The van der Waals surface area contributed by atoms with Crippen molar-refractivity contribution in [1.29, 1.82) is 0 Å². The first-order chi connectivity index (χ1) is 17.5. The molecule has 188 valence electrons. The number of rotatable bonds is 7. The van der Waals surface area contributed by atoms with Crippen molar-refractivity contribution in [3.8, 4) is 17.1 Å². The number of carbonyl (C=O) groups is 1. The number of nitrogens with zero attached hydrogens (tertiary/aromatic N) is 4. The molecular weight excluding hydrogens is 495 g/mol. The van der Waals surface area contributed by atoms with Crippen LogP contribution in [0.4, 0.5) is 18.9 Å². The number of halogens is 3. The molecule has 1 heterocycles. The summed E-state index contributed by atoms with van der Waals surface area (Å²) in [6.45, 7) is -0.577. The van der Waals surface area contributed by atoms with Gasteiger partial charge in [0.25, 0.3) is 11.5 Å². The number of ether oxygens (including phenoxy) is 1. The van der Waals surface area contributed by atoms with Crippen molar-refractivity contribution in [1.82, 2.24) is 9.66 Å². The maximum atomic E-state index is 13.3. The first kappa shape index (κ1) is 25.0. The van der Waals surface area contributed by atoms with Crippen molar-refractivity contribution in [2.24, 2.45) is 10.8 Å². The molecule has 0 bridgehead atoms. The summed E-state index contributed by atoms with van der Waals surface area (Å²) in [5.74, 6) is -1.21. The Labute approximate surface area is 205 Å². The van der Waals surface area contributed by atoms with Crippen LogP contribution in [0.25, 0.3) is 22.3 Å². The van der Waals surface area contributed by atoms with E-state index in [-0.39, 0.29) is 33.6 Å². The molecule has 4 aromatic rings. The van der Waals surface area contributed by atoms with Gasteiger partial charge in [0.15, 0.2) is 18.2 Å². The van der Waals surface area contributed by atoms with Crippen molar-refractivity contribution < 1.29 is 27.6 Å². The Kier molecular flexibility index (Phi) is 6.69. The van der Waals surface area contributed by atoms with Crippen LogP contribution < -0.4 is 16.0 Å². The smallest absolute Gasteiger partial charge is 0.416 e. The minimum absolute atomic E-state index is 0.0176. The molecule has 10 nitrogen and oxygen atoms in total. The molecule has 2 N–H and O–H groups in total. The molecule has 37 heavy (non-hydrogen) atoms. The third-order valence-electron chi connectivity index (χ3n) is 5.07. The molecule has 0 atom stereocenters. The lowest BCUT2D eigenvalue weighted by Crippen LogP contribution is -2.20. The fraction of sp³-hybridized carbons (Fsp3) is 0.0833. The van der Waals surface area contributed by atoms with E-state index in [4.69, 9.17) is 10.5 Å². The summed E-state index contributed by atoms with van der Waals surface area (Å²) < 4.78 is 45.8. The number of benzene rings is 3. The number of para-hydroxylation sites is 1. The van der Waals surface area contributed by atoms with Crippen LogP contribution in [0.2, 0.25) is 0 Å². The Balaban J connectivity index is 1.84. The standard InChI is InChI=1S/C24H16F3N5O5/c25-24(26,27)16-5-3-4-15(11-16)22-30-18-7-2-1-6-17(18)23(34)31(22)29-12-14-8-9-20(37-13-21(28)33)19(10-14)32(35)36/h1-12H,13H2,(H2,28,33). The van der Waals surface area contributed by atoms with Gasteiger partial charge < -0.3 is 10.5 Å². The second-order valence-electron chi connectivity index (χ2n) is 7.63. The lowest BCUT2D eigenvalue weighted by Gasteiger charge is -2.12. The summed E-state index contributed by atoms with van der Waals surface area (Å²) in [6.07, 6.45) is -3.52. The molecule has 3 aromatic carbocycles. The van der Waals surface area contributed by atoms with Crippen LogP contribution in [0.3, 0.4) is 0 Å². The summed E-state index contributed by atoms with van der Waals surface area (Å²) in [5, 5.41) is 15.7. The number of carbonyl (C=O) groups excluding carboxylic acids is 1. The van der Waals surface area contributed by atoms with Crippen LogP contribution in [0, 0.1) is 10.1 Å². The summed E-state index contributed by atoms with van der Waals surface area (Å²) in [7, 11) is 0. The third kappa shape index (κ3) is 5.45. The fourth-order valence-electron chi connectivity index (χ4n) is 3.41. The number of amides is 1. The van der Waals surface area contributed by atoms with Crippen molar-refractivity contribution >= 4 is 28.7 Å². The molecule has 0 saturated carbocycles. The van der Waals surface area contributed by atoms with Crippen LogP contribution in [0.1, 0.15) is 11.1 Å². The van der Waals surface area contributed by atoms with Crippen LogP contribution in [-0.4, -0.2) is 33.3 Å². The monoisotopic (exact) mass is 511 g/mol. The molecule has 0 unspecified atom stereocenters. The molecule has 0 radical (unpaired) electrons. The zero-order valence-corrected chi connectivity index (χ0v) is 18.7. The van der Waals surface area contributed by atoms with E-state index < -0.39 is 40.4 Å². The Morgan fingerprint density at radius 1 is 1.14 bits per heavy atom. The Morgan fingerprint density at radius 2 is 1.89 bits per heavy atom. The van der Waals surface area contributed by atoms with E-state index in [1.54, 1.807) is 12.1 Å². The number of primary amides is 1. The van der Waals surface area contributed by atoms with Gasteiger partial charge in [-0.05, 0) is 36.4 Å². The number of aromatic nitrogens is 2. The number of alkyl halides is 3. The first-order valence-electron chi connectivity index (χ1n) is 10.5. The largest absolute Gasteiger partial charge is 0.477 e. The molecule has 4 rings (SSSR count). The van der Waals surface area contributed by atoms with Gasteiger partial charge in [0.2, 0.25) is 0 Å². The van der Waals surface area contributed by atoms with Crippen LogP contribution >= 0.6 is 0 Å². The van der Waals surface area contributed by atoms with Crippen LogP contribution in [0.15, 0.2) is 76.6 Å². The zero-order valence-electron chi connectivity index (χ0n) is 18.7. The quantitative estimate of drug-likeness (QED) is 0.228. The number of nitrogens with two attached hydrogens (primary N) is 1. The predicted molar refractivity (Wildman–Crippen MR) is 127 cm³/mol. The van der Waals surface area contributed by atoms with Gasteiger partial charge in [-0.25, -0.2) is 4.98 Å². The summed E-state index contributed by atoms with van der Waals surface area (Å²) in [5.41, 5.74) is 3.30. The Hall–Kier alpha value is -5.07. The summed E-state index contributed by atoms with van der Waals surface area (Å²) >= 11 is 0. The molecule has 0 aliphatic carbocycles. The second kappa shape index (κ2) is 9.89. The van der Waals surface area contributed by atoms with E-state index in [0.29, 0.717) is 0 Å². The van der Waals surface area contributed by atoms with E-state index in [0.717, 1.165) is 29.1 Å². The molecule has 0 spiro atoms. The van der Waals surface area contributed by atoms with Gasteiger partial charge in [0.05, 0.1) is 27.6 Å². The van der Waals surface area contributed by atoms with Crippen LogP contribution in [-0.2, 0) is 11.0 Å². The lowest BCUT2D eigenvalue weighted by molar-refractivity contribution is -0.385. The zero-order chi connectivity index (χ0) is 26.7. The fourth-order valence-corrected chi connectivity index (χ4v) is 3.41. The van der Waals surface area contributed by atoms with E-state index in [9.17, 15) is 32.9 Å². The van der Waals surface area contributed by atoms with Gasteiger partial charge in [0, 0.05) is 17.2 Å². The lowest BCUT2D eigenvalue weighted by atomic mass is 10.1. The maximum absolute atomic E-state index is 13.3. The average Bonchev–Trinajstić information content (AvgIpc) is 2.86. The Morgan fingerprint density at radius 3 is 2.59 bits per heavy atom. The number of nitro benzene ring substituents is 1. The van der Waals surface area contributed by atoms with Crippen molar-refractivity contribution in [3.05, 3.63) is 98.3 Å². The van der Waals surface area contributed by atoms with E-state index in [1.807, 2.05) is 0 Å². The highest BCUT2D eigenvalue weighted by atomic mass is 19.4. The van der Waals surface area contributed by atoms with E-state index in [1.165, 1.54) is 36.4 Å². The summed E-state index contributed by atoms with van der Waals surface area (Å²) in [4.78, 5) is 39.2. The van der Waals surface area contributed by atoms with Gasteiger partial charge in [0.1, 0.15) is 0 Å². The van der Waals surface area contributed by atoms with Gasteiger partial charge >= 0.3 is 11.9 Å². The molecule has 1 amide bonds. The van der Waals surface area contributed by atoms with E-state index in [2.05, 4.69) is 10.1 Å². The highest BCUT2D eigenvalue weighted by Crippen LogP contribution is 2.32. The SMILES string of the molecule is NC(=O)COc1ccc(C=Nn2c(-c3cccc(C(F)(F)F)c3)nc3ccccc3c2=O)cc1[N+](=O)[O-]. The minimum atomic E-state index is -4.63. The van der Waals surface area contributed by atoms with Crippen molar-refractivity contribution in [3.63, 3.8) is 0 Å². The number of nitro groups is 1. The molecule has 0 aliphatic heterocycles. The molecule has 13 heteroatoms. The van der Waals surface area contributed by atoms with Crippen molar-refractivity contribution in [2.45, 2.75) is 6.18 Å². The molecule has 0 aliphatic rings. The number of hydrogen-bond donors (Lipinski definition) is 1. The predicted octanol–water partition coefficient (Wildman–Crippen LogP) is 3.74. The summed E-state index contributed by atoms with van der Waals surface area (Å²) in [6, 6.07) is 14.2. The number of fused-ring (bicyclic) bond motifs is 1. The van der Waals surface area contributed by atoms with Crippen molar-refractivity contribution in [2.75, 3.05) is 6.61 Å². The third-order valence-corrected chi connectivity index (χ3v) is 5.07. The second-order valence-corrected chi connectivity index (χ2v) is 7.63. The molecular formula is C24H16F3N5O5. The number of hydrogen-bond acceptors (Lipinski definition) is 7. The van der Waals surface area contributed by atoms with Gasteiger partial charge in [-0.1, -0.05) is 24.3 Å². The highest BCUT2D eigenvalue weighted by molar-refractivity contribution is 5.83. The molecule has 0 saturated heterocycles. The van der Waals surface area contributed by atoms with Gasteiger partial charge in [-0.15, -0.1) is 0 Å². The van der Waals surface area contributed by atoms with E-state index >= 15 is 0 Å². The van der Waals surface area contributed by atoms with Crippen LogP contribution in [0.5, 0.6) is 5.75 Å². The average molecular weight is 511 g/mol. The molecule has 0 fully saturated rings. The molecule has 1 aromatic heterocycles. The van der Waals surface area contributed by atoms with Gasteiger partial charge in [-0.2, -0.15) is 22.9 Å². The highest BCUT2D eigenvalue weighted by Gasteiger charge is 2.31. The van der Waals surface area contributed by atoms with Gasteiger partial charge in [-0.3, -0.25) is 19.7 Å². The minimum Gasteiger partial charge on any atom is -0.477 e. The Bertz CT molecular complexity index is 1610.